The highest BCUT2D eigenvalue weighted by Gasteiger charge is 2.35. The minimum Gasteiger partial charge on any atom is -0.423 e. The van der Waals surface area contributed by atoms with Gasteiger partial charge in [0.1, 0.15) is 0 Å². The molecule has 0 saturated heterocycles. The van der Waals surface area contributed by atoms with Crippen molar-refractivity contribution >= 4 is 0 Å². The van der Waals surface area contributed by atoms with Gasteiger partial charge in [-0.1, -0.05) is 32.6 Å². The van der Waals surface area contributed by atoms with Crippen molar-refractivity contribution in [1.82, 2.24) is 15.5 Å². The Morgan fingerprint density at radius 3 is 2.76 bits per heavy atom. The molecule has 21 heavy (non-hydrogen) atoms. The SMILES string of the molecule is CCCNC(C)c1nnc(C2CCC3CCCCC3C2)o1. The third-order valence-electron chi connectivity index (χ3n) is 5.42. The van der Waals surface area contributed by atoms with Gasteiger partial charge in [0.25, 0.3) is 0 Å². The molecule has 0 aromatic carbocycles. The van der Waals surface area contributed by atoms with E-state index in [4.69, 9.17) is 4.42 Å². The molecule has 118 valence electrons. The molecule has 0 amide bonds. The van der Waals surface area contributed by atoms with E-state index in [1.165, 1.54) is 44.9 Å². The lowest BCUT2D eigenvalue weighted by molar-refractivity contribution is 0.145. The maximum Gasteiger partial charge on any atom is 0.233 e. The summed E-state index contributed by atoms with van der Waals surface area (Å²) in [5, 5.41) is 12.0. The third-order valence-corrected chi connectivity index (χ3v) is 5.42. The highest BCUT2D eigenvalue weighted by Crippen LogP contribution is 2.45. The van der Waals surface area contributed by atoms with Gasteiger partial charge < -0.3 is 9.73 Å². The van der Waals surface area contributed by atoms with Gasteiger partial charge in [0.15, 0.2) is 0 Å². The summed E-state index contributed by atoms with van der Waals surface area (Å²) < 4.78 is 5.98. The number of hydrogen-bond acceptors (Lipinski definition) is 4. The summed E-state index contributed by atoms with van der Waals surface area (Å²) in [4.78, 5) is 0. The Bertz CT molecular complexity index is 445. The van der Waals surface area contributed by atoms with E-state index >= 15 is 0 Å². The lowest BCUT2D eigenvalue weighted by Crippen LogP contribution is -2.27. The van der Waals surface area contributed by atoms with Crippen LogP contribution in [0.4, 0.5) is 0 Å². The average molecular weight is 291 g/mol. The molecule has 4 unspecified atom stereocenters. The molecule has 2 fully saturated rings. The van der Waals surface area contributed by atoms with Crippen LogP contribution in [0.1, 0.15) is 89.0 Å². The van der Waals surface area contributed by atoms with Crippen molar-refractivity contribution in [2.75, 3.05) is 6.54 Å². The van der Waals surface area contributed by atoms with Gasteiger partial charge in [-0.05, 0) is 51.0 Å². The number of nitrogens with one attached hydrogen (secondary N) is 1. The van der Waals surface area contributed by atoms with Crippen molar-refractivity contribution in [1.29, 1.82) is 0 Å². The molecule has 1 aromatic heterocycles. The Morgan fingerprint density at radius 2 is 1.95 bits per heavy atom. The fourth-order valence-electron chi connectivity index (χ4n) is 4.13. The Kier molecular flexibility index (Phi) is 4.94. The molecular formula is C17H29N3O. The molecule has 4 nitrogen and oxygen atoms in total. The molecule has 1 aromatic rings. The average Bonchev–Trinajstić information content (AvgIpc) is 3.02. The highest BCUT2D eigenvalue weighted by atomic mass is 16.4. The third kappa shape index (κ3) is 3.47. The van der Waals surface area contributed by atoms with E-state index in [-0.39, 0.29) is 6.04 Å². The number of fused-ring (bicyclic) bond motifs is 1. The zero-order valence-corrected chi connectivity index (χ0v) is 13.5. The van der Waals surface area contributed by atoms with Crippen molar-refractivity contribution < 1.29 is 4.42 Å². The van der Waals surface area contributed by atoms with Crippen LogP contribution in [-0.2, 0) is 0 Å². The van der Waals surface area contributed by atoms with E-state index < -0.39 is 0 Å². The summed E-state index contributed by atoms with van der Waals surface area (Å²) in [5.74, 6) is 4.03. The first-order chi connectivity index (χ1) is 10.3. The molecule has 1 heterocycles. The Hall–Kier alpha value is -0.900. The first kappa shape index (κ1) is 15.0. The summed E-state index contributed by atoms with van der Waals surface area (Å²) >= 11 is 0. The molecule has 4 atom stereocenters. The van der Waals surface area contributed by atoms with Crippen LogP contribution in [0.2, 0.25) is 0 Å². The first-order valence-electron chi connectivity index (χ1n) is 8.84. The highest BCUT2D eigenvalue weighted by molar-refractivity contribution is 4.98. The smallest absolute Gasteiger partial charge is 0.233 e. The maximum absolute atomic E-state index is 5.98. The zero-order chi connectivity index (χ0) is 14.7. The summed E-state index contributed by atoms with van der Waals surface area (Å²) in [6.07, 6.45) is 10.7. The van der Waals surface area contributed by atoms with Crippen LogP contribution in [0.3, 0.4) is 0 Å². The number of nitrogens with zero attached hydrogens (tertiary/aromatic N) is 2. The fraction of sp³-hybridized carbons (Fsp3) is 0.882. The van der Waals surface area contributed by atoms with E-state index in [0.29, 0.717) is 5.92 Å². The normalized spacial score (nSPS) is 30.9. The van der Waals surface area contributed by atoms with Crippen molar-refractivity contribution in [3.05, 3.63) is 11.8 Å². The van der Waals surface area contributed by atoms with Gasteiger partial charge in [-0.3, -0.25) is 0 Å². The van der Waals surface area contributed by atoms with E-state index in [1.54, 1.807) is 0 Å². The minimum atomic E-state index is 0.164. The maximum atomic E-state index is 5.98. The van der Waals surface area contributed by atoms with Crippen molar-refractivity contribution in [3.8, 4) is 0 Å². The van der Waals surface area contributed by atoms with Gasteiger partial charge in [-0.15, -0.1) is 10.2 Å². The summed E-state index contributed by atoms with van der Waals surface area (Å²) in [5.41, 5.74) is 0. The van der Waals surface area contributed by atoms with Crippen molar-refractivity contribution in [2.24, 2.45) is 11.8 Å². The standard InChI is InChI=1S/C17H29N3O/c1-3-10-18-12(2)16-19-20-17(21-16)15-9-8-13-6-4-5-7-14(13)11-15/h12-15,18H,3-11H2,1-2H3. The van der Waals surface area contributed by atoms with Crippen LogP contribution < -0.4 is 5.32 Å². The number of aromatic nitrogens is 2. The molecule has 2 saturated carbocycles. The van der Waals surface area contributed by atoms with E-state index in [2.05, 4.69) is 29.4 Å². The van der Waals surface area contributed by atoms with Crippen molar-refractivity contribution in [2.45, 2.75) is 77.2 Å². The molecule has 0 radical (unpaired) electrons. The Morgan fingerprint density at radius 1 is 1.14 bits per heavy atom. The monoisotopic (exact) mass is 291 g/mol. The van der Waals surface area contributed by atoms with E-state index in [1.807, 2.05) is 0 Å². The van der Waals surface area contributed by atoms with Crippen LogP contribution in [0.25, 0.3) is 0 Å². The molecule has 2 aliphatic carbocycles. The van der Waals surface area contributed by atoms with Gasteiger partial charge in [-0.25, -0.2) is 0 Å². The fourth-order valence-corrected chi connectivity index (χ4v) is 4.13. The molecule has 1 N–H and O–H groups in total. The summed E-state index contributed by atoms with van der Waals surface area (Å²) in [6, 6.07) is 0.164. The van der Waals surface area contributed by atoms with Crippen LogP contribution in [0, 0.1) is 11.8 Å². The lowest BCUT2D eigenvalue weighted by atomic mass is 9.67. The summed E-state index contributed by atoms with van der Waals surface area (Å²) in [6.45, 7) is 5.26. The predicted octanol–water partition coefficient (Wildman–Crippen LogP) is 4.20. The van der Waals surface area contributed by atoms with E-state index in [9.17, 15) is 0 Å². The molecule has 4 heteroatoms. The molecule has 3 rings (SSSR count). The van der Waals surface area contributed by atoms with Gasteiger partial charge in [0.05, 0.1) is 6.04 Å². The van der Waals surface area contributed by atoms with Gasteiger partial charge in [-0.2, -0.15) is 0 Å². The number of rotatable bonds is 5. The molecule has 0 bridgehead atoms. The zero-order valence-electron chi connectivity index (χ0n) is 13.5. The Labute approximate surface area is 128 Å². The lowest BCUT2D eigenvalue weighted by Gasteiger charge is -2.38. The molecule has 2 aliphatic rings. The van der Waals surface area contributed by atoms with Crippen molar-refractivity contribution in [3.63, 3.8) is 0 Å². The topological polar surface area (TPSA) is 51.0 Å². The molecule has 0 aliphatic heterocycles. The second-order valence-electron chi connectivity index (χ2n) is 6.97. The summed E-state index contributed by atoms with van der Waals surface area (Å²) in [7, 11) is 0. The van der Waals surface area contributed by atoms with Gasteiger partial charge >= 0.3 is 0 Å². The number of hydrogen-bond donors (Lipinski definition) is 1. The second kappa shape index (κ2) is 6.91. The minimum absolute atomic E-state index is 0.164. The molecule has 0 spiro atoms. The largest absolute Gasteiger partial charge is 0.423 e. The molecular weight excluding hydrogens is 262 g/mol. The van der Waals surface area contributed by atoms with E-state index in [0.717, 1.165) is 36.6 Å². The quantitative estimate of drug-likeness (QED) is 0.883. The van der Waals surface area contributed by atoms with Crippen LogP contribution in [0.5, 0.6) is 0 Å². The predicted molar refractivity (Wildman–Crippen MR) is 83.0 cm³/mol. The van der Waals surface area contributed by atoms with Crippen LogP contribution in [0.15, 0.2) is 4.42 Å². The first-order valence-corrected chi connectivity index (χ1v) is 8.84. The van der Waals surface area contributed by atoms with Gasteiger partial charge in [0, 0.05) is 5.92 Å². The Balaban J connectivity index is 1.60. The second-order valence-corrected chi connectivity index (χ2v) is 6.97. The van der Waals surface area contributed by atoms with Gasteiger partial charge in [0.2, 0.25) is 11.8 Å². The van der Waals surface area contributed by atoms with Crippen LogP contribution >= 0.6 is 0 Å². The van der Waals surface area contributed by atoms with Crippen LogP contribution in [-0.4, -0.2) is 16.7 Å².